The van der Waals surface area contributed by atoms with Crippen molar-refractivity contribution in [1.82, 2.24) is 0 Å². The first-order valence-corrected chi connectivity index (χ1v) is 5.81. The Kier molecular flexibility index (Phi) is 3.90. The summed E-state index contributed by atoms with van der Waals surface area (Å²) in [6.45, 7) is 0.261. The molecule has 0 amide bonds. The van der Waals surface area contributed by atoms with E-state index >= 15 is 0 Å². The summed E-state index contributed by atoms with van der Waals surface area (Å²) in [4.78, 5) is 12.6. The number of halogens is 2. The fraction of sp³-hybridized carbons (Fsp3) is 0.133. The van der Waals surface area contributed by atoms with Crippen LogP contribution in [-0.4, -0.2) is 13.3 Å². The van der Waals surface area contributed by atoms with E-state index in [1.807, 2.05) is 0 Å². The third kappa shape index (κ3) is 2.78. The minimum atomic E-state index is -0.576. The largest absolute Gasteiger partial charge is 0.369 e. The number of nitrogens with zero attached hydrogens (tertiary/aromatic N) is 1. The zero-order valence-electron chi connectivity index (χ0n) is 10.4. The van der Waals surface area contributed by atoms with Crippen LogP contribution >= 0.6 is 0 Å². The summed E-state index contributed by atoms with van der Waals surface area (Å²) in [5, 5.41) is 0. The summed E-state index contributed by atoms with van der Waals surface area (Å²) >= 11 is 0. The molecular formula is C15H13F2NO. The lowest BCUT2D eigenvalue weighted by Gasteiger charge is -2.21. The molecule has 0 aliphatic heterocycles. The summed E-state index contributed by atoms with van der Waals surface area (Å²) < 4.78 is 27.1. The normalized spacial score (nSPS) is 10.3. The highest BCUT2D eigenvalue weighted by molar-refractivity contribution is 5.84. The van der Waals surface area contributed by atoms with Gasteiger partial charge in [0.05, 0.1) is 11.3 Å². The number of rotatable bonds is 4. The number of benzene rings is 2. The number of hydrogen-bond acceptors (Lipinski definition) is 2. The zero-order chi connectivity index (χ0) is 13.8. The Balaban J connectivity index is 2.30. The molecule has 0 radical (unpaired) electrons. The molecule has 0 heterocycles. The monoisotopic (exact) mass is 261 g/mol. The molecule has 0 unspecified atom stereocenters. The summed E-state index contributed by atoms with van der Waals surface area (Å²) in [5.41, 5.74) is 0.922. The van der Waals surface area contributed by atoms with Crippen molar-refractivity contribution in [3.05, 3.63) is 65.2 Å². The van der Waals surface area contributed by atoms with Crippen LogP contribution in [0, 0.1) is 11.6 Å². The summed E-state index contributed by atoms with van der Waals surface area (Å²) in [5.74, 6) is -0.897. The SMILES string of the molecule is CN(Cc1ccccc1F)c1cccc(F)c1C=O. The third-order valence-electron chi connectivity index (χ3n) is 2.92. The Hall–Kier alpha value is -2.23. The molecule has 2 nitrogen and oxygen atoms in total. The van der Waals surface area contributed by atoms with E-state index in [0.717, 1.165) is 0 Å². The first kappa shape index (κ1) is 13.2. The molecule has 19 heavy (non-hydrogen) atoms. The topological polar surface area (TPSA) is 20.3 Å². The lowest BCUT2D eigenvalue weighted by Crippen LogP contribution is -2.19. The van der Waals surface area contributed by atoms with Crippen LogP contribution in [0.3, 0.4) is 0 Å². The second-order valence-electron chi connectivity index (χ2n) is 4.24. The van der Waals surface area contributed by atoms with Crippen LogP contribution in [-0.2, 0) is 6.54 Å². The maximum Gasteiger partial charge on any atom is 0.155 e. The minimum absolute atomic E-state index is 0.0126. The fourth-order valence-corrected chi connectivity index (χ4v) is 1.94. The van der Waals surface area contributed by atoms with Crippen molar-refractivity contribution >= 4 is 12.0 Å². The van der Waals surface area contributed by atoms with E-state index in [1.165, 1.54) is 18.2 Å². The van der Waals surface area contributed by atoms with Crippen molar-refractivity contribution in [3.63, 3.8) is 0 Å². The van der Waals surface area contributed by atoms with Gasteiger partial charge in [-0.1, -0.05) is 24.3 Å². The van der Waals surface area contributed by atoms with E-state index in [1.54, 1.807) is 36.2 Å². The van der Waals surface area contributed by atoms with E-state index < -0.39 is 5.82 Å². The Morgan fingerprint density at radius 1 is 1.05 bits per heavy atom. The van der Waals surface area contributed by atoms with Gasteiger partial charge in [-0.25, -0.2) is 8.78 Å². The summed E-state index contributed by atoms with van der Waals surface area (Å²) in [7, 11) is 1.69. The average molecular weight is 261 g/mol. The van der Waals surface area contributed by atoms with Gasteiger partial charge < -0.3 is 4.90 Å². The highest BCUT2D eigenvalue weighted by Crippen LogP contribution is 2.22. The Morgan fingerprint density at radius 3 is 2.42 bits per heavy atom. The number of anilines is 1. The molecule has 0 fully saturated rings. The fourth-order valence-electron chi connectivity index (χ4n) is 1.94. The van der Waals surface area contributed by atoms with Crippen molar-refractivity contribution < 1.29 is 13.6 Å². The number of hydrogen-bond donors (Lipinski definition) is 0. The minimum Gasteiger partial charge on any atom is -0.369 e. The highest BCUT2D eigenvalue weighted by Gasteiger charge is 2.12. The first-order chi connectivity index (χ1) is 9.13. The van der Waals surface area contributed by atoms with Crippen LogP contribution in [0.1, 0.15) is 15.9 Å². The van der Waals surface area contributed by atoms with E-state index in [-0.39, 0.29) is 17.9 Å². The molecule has 0 N–H and O–H groups in total. The van der Waals surface area contributed by atoms with Gasteiger partial charge in [0.1, 0.15) is 11.6 Å². The molecule has 98 valence electrons. The van der Waals surface area contributed by atoms with Gasteiger partial charge in [-0.05, 0) is 18.2 Å². The molecule has 2 aromatic carbocycles. The van der Waals surface area contributed by atoms with E-state index in [4.69, 9.17) is 0 Å². The van der Waals surface area contributed by atoms with Crippen LogP contribution < -0.4 is 4.90 Å². The number of aldehydes is 1. The van der Waals surface area contributed by atoms with Crippen molar-refractivity contribution in [2.24, 2.45) is 0 Å². The van der Waals surface area contributed by atoms with Gasteiger partial charge in [0, 0.05) is 19.2 Å². The first-order valence-electron chi connectivity index (χ1n) is 5.81. The second kappa shape index (κ2) is 5.61. The Morgan fingerprint density at radius 2 is 1.74 bits per heavy atom. The zero-order valence-corrected chi connectivity index (χ0v) is 10.4. The Bertz CT molecular complexity index is 598. The average Bonchev–Trinajstić information content (AvgIpc) is 2.41. The van der Waals surface area contributed by atoms with E-state index in [2.05, 4.69) is 0 Å². The predicted octanol–water partition coefficient (Wildman–Crippen LogP) is 3.41. The number of carbonyl (C=O) groups is 1. The smallest absolute Gasteiger partial charge is 0.155 e. The molecule has 4 heteroatoms. The van der Waals surface area contributed by atoms with Crippen LogP contribution in [0.5, 0.6) is 0 Å². The number of carbonyl (C=O) groups excluding carboxylic acids is 1. The van der Waals surface area contributed by atoms with Crippen LogP contribution in [0.25, 0.3) is 0 Å². The highest BCUT2D eigenvalue weighted by atomic mass is 19.1. The van der Waals surface area contributed by atoms with Gasteiger partial charge in [-0.2, -0.15) is 0 Å². The standard InChI is InChI=1S/C15H13F2NO/c1-18(9-11-5-2-3-6-13(11)16)15-8-4-7-14(17)12(15)10-19/h2-8,10H,9H2,1H3. The molecule has 0 spiro atoms. The molecule has 0 bridgehead atoms. The van der Waals surface area contributed by atoms with Gasteiger partial charge in [0.2, 0.25) is 0 Å². The van der Waals surface area contributed by atoms with Crippen LogP contribution in [0.15, 0.2) is 42.5 Å². The maximum atomic E-state index is 13.6. The van der Waals surface area contributed by atoms with Crippen molar-refractivity contribution in [2.75, 3.05) is 11.9 Å². The van der Waals surface area contributed by atoms with E-state index in [0.29, 0.717) is 17.5 Å². The van der Waals surface area contributed by atoms with Crippen LogP contribution in [0.2, 0.25) is 0 Å². The van der Waals surface area contributed by atoms with Crippen LogP contribution in [0.4, 0.5) is 14.5 Å². The van der Waals surface area contributed by atoms with Crippen molar-refractivity contribution in [1.29, 1.82) is 0 Å². The molecule has 0 saturated heterocycles. The molecule has 0 aromatic heterocycles. The quantitative estimate of drug-likeness (QED) is 0.786. The maximum absolute atomic E-state index is 13.6. The van der Waals surface area contributed by atoms with Crippen molar-refractivity contribution in [3.8, 4) is 0 Å². The molecule has 0 atom stereocenters. The molecule has 2 rings (SSSR count). The third-order valence-corrected chi connectivity index (χ3v) is 2.92. The second-order valence-corrected chi connectivity index (χ2v) is 4.24. The van der Waals surface area contributed by atoms with Crippen molar-refractivity contribution in [2.45, 2.75) is 6.54 Å². The molecular weight excluding hydrogens is 248 g/mol. The molecule has 0 aliphatic carbocycles. The molecule has 0 aliphatic rings. The van der Waals surface area contributed by atoms with Gasteiger partial charge in [-0.15, -0.1) is 0 Å². The Labute approximate surface area is 110 Å². The van der Waals surface area contributed by atoms with E-state index in [9.17, 15) is 13.6 Å². The van der Waals surface area contributed by atoms with Gasteiger partial charge >= 0.3 is 0 Å². The predicted molar refractivity (Wildman–Crippen MR) is 70.3 cm³/mol. The summed E-state index contributed by atoms with van der Waals surface area (Å²) in [6.07, 6.45) is 0.475. The lowest BCUT2D eigenvalue weighted by molar-refractivity contribution is 0.112. The lowest BCUT2D eigenvalue weighted by atomic mass is 10.1. The van der Waals surface area contributed by atoms with Gasteiger partial charge in [0.25, 0.3) is 0 Å². The summed E-state index contributed by atoms with van der Waals surface area (Å²) in [6, 6.07) is 10.8. The molecule has 0 saturated carbocycles. The van der Waals surface area contributed by atoms with Gasteiger partial charge in [-0.3, -0.25) is 4.79 Å². The van der Waals surface area contributed by atoms with Gasteiger partial charge in [0.15, 0.2) is 6.29 Å². The molecule has 2 aromatic rings.